The zero-order valence-corrected chi connectivity index (χ0v) is 12.5. The lowest BCUT2D eigenvalue weighted by atomic mass is 10.1. The van der Waals surface area contributed by atoms with Gasteiger partial charge in [0.25, 0.3) is 0 Å². The lowest BCUT2D eigenvalue weighted by Crippen LogP contribution is -2.16. The highest BCUT2D eigenvalue weighted by Crippen LogP contribution is 2.17. The van der Waals surface area contributed by atoms with Gasteiger partial charge in [0.05, 0.1) is 10.6 Å². The fraction of sp³-hybridized carbons (Fsp3) is 0.571. The van der Waals surface area contributed by atoms with Crippen molar-refractivity contribution in [1.29, 1.82) is 0 Å². The van der Waals surface area contributed by atoms with Crippen molar-refractivity contribution < 1.29 is 8.42 Å². The van der Waals surface area contributed by atoms with Crippen LogP contribution >= 0.6 is 0 Å². The topological polar surface area (TPSA) is 72.2 Å². The molecule has 0 saturated heterocycles. The summed E-state index contributed by atoms with van der Waals surface area (Å²) in [7, 11) is -3.11. The molecule has 1 aromatic rings. The Labute approximate surface area is 116 Å². The minimum absolute atomic E-state index is 0.201. The first-order valence-electron chi connectivity index (χ1n) is 6.79. The monoisotopic (exact) mass is 284 g/mol. The molecule has 1 rings (SSSR count). The summed E-state index contributed by atoms with van der Waals surface area (Å²) >= 11 is 0. The molecule has 0 radical (unpaired) electrons. The van der Waals surface area contributed by atoms with Gasteiger partial charge in [0.1, 0.15) is 0 Å². The summed E-state index contributed by atoms with van der Waals surface area (Å²) in [4.78, 5) is 0.398. The van der Waals surface area contributed by atoms with E-state index in [2.05, 4.69) is 12.2 Å². The van der Waals surface area contributed by atoms with E-state index in [0.717, 1.165) is 18.5 Å². The number of nitrogens with one attached hydrogen (secondary N) is 1. The standard InChI is InChI=1S/C14H24N2O2S/c1-3-11-19(17,18)14-8-6-13(7-9-14)16-12(2)5-4-10-15/h6-9,12,16H,3-5,10-11,15H2,1-2H3. The van der Waals surface area contributed by atoms with Gasteiger partial charge < -0.3 is 11.1 Å². The van der Waals surface area contributed by atoms with Gasteiger partial charge in [-0.15, -0.1) is 0 Å². The molecule has 0 aliphatic carbocycles. The van der Waals surface area contributed by atoms with E-state index in [1.165, 1.54) is 0 Å². The number of sulfone groups is 1. The quantitative estimate of drug-likeness (QED) is 0.769. The third-order valence-electron chi connectivity index (χ3n) is 2.94. The Morgan fingerprint density at radius 3 is 2.42 bits per heavy atom. The van der Waals surface area contributed by atoms with Gasteiger partial charge in [-0.2, -0.15) is 0 Å². The van der Waals surface area contributed by atoms with Gasteiger partial charge in [0, 0.05) is 11.7 Å². The summed E-state index contributed by atoms with van der Waals surface area (Å²) in [5.41, 5.74) is 6.42. The number of hydrogen-bond donors (Lipinski definition) is 2. The first-order valence-corrected chi connectivity index (χ1v) is 8.44. The predicted molar refractivity (Wildman–Crippen MR) is 80.2 cm³/mol. The fourth-order valence-electron chi connectivity index (χ4n) is 1.93. The lowest BCUT2D eigenvalue weighted by Gasteiger charge is -2.15. The number of anilines is 1. The van der Waals surface area contributed by atoms with Crippen LogP contribution in [0.25, 0.3) is 0 Å². The van der Waals surface area contributed by atoms with Crippen LogP contribution in [0.1, 0.15) is 33.1 Å². The molecule has 3 N–H and O–H groups in total. The van der Waals surface area contributed by atoms with Crippen molar-refractivity contribution in [3.63, 3.8) is 0 Å². The Balaban J connectivity index is 2.66. The molecule has 0 aliphatic heterocycles. The van der Waals surface area contributed by atoms with Gasteiger partial charge in [0.2, 0.25) is 0 Å². The second-order valence-corrected chi connectivity index (χ2v) is 6.93. The number of hydrogen-bond acceptors (Lipinski definition) is 4. The Morgan fingerprint density at radius 1 is 1.26 bits per heavy atom. The summed E-state index contributed by atoms with van der Waals surface area (Å²) in [5.74, 6) is 0.201. The van der Waals surface area contributed by atoms with Crippen LogP contribution in [0.2, 0.25) is 0 Å². The fourth-order valence-corrected chi connectivity index (χ4v) is 3.25. The normalized spacial score (nSPS) is 13.2. The van der Waals surface area contributed by atoms with Crippen LogP contribution in [0, 0.1) is 0 Å². The van der Waals surface area contributed by atoms with Crippen LogP contribution in [0.5, 0.6) is 0 Å². The number of rotatable bonds is 8. The molecule has 1 unspecified atom stereocenters. The average Bonchev–Trinajstić information content (AvgIpc) is 2.37. The molecule has 4 nitrogen and oxygen atoms in total. The highest BCUT2D eigenvalue weighted by molar-refractivity contribution is 7.91. The zero-order valence-electron chi connectivity index (χ0n) is 11.7. The van der Waals surface area contributed by atoms with E-state index in [4.69, 9.17) is 5.73 Å². The SMILES string of the molecule is CCCS(=O)(=O)c1ccc(NC(C)CCCN)cc1. The molecule has 0 bridgehead atoms. The minimum atomic E-state index is -3.11. The van der Waals surface area contributed by atoms with E-state index in [1.54, 1.807) is 12.1 Å². The van der Waals surface area contributed by atoms with Crippen LogP contribution in [0.15, 0.2) is 29.2 Å². The third-order valence-corrected chi connectivity index (χ3v) is 4.88. The van der Waals surface area contributed by atoms with E-state index in [0.29, 0.717) is 23.9 Å². The summed E-state index contributed by atoms with van der Waals surface area (Å²) in [6.45, 7) is 4.66. The second-order valence-electron chi connectivity index (χ2n) is 4.82. The summed E-state index contributed by atoms with van der Waals surface area (Å²) in [6.07, 6.45) is 2.63. The summed E-state index contributed by atoms with van der Waals surface area (Å²) in [6, 6.07) is 7.32. The van der Waals surface area contributed by atoms with Crippen molar-refractivity contribution >= 4 is 15.5 Å². The highest BCUT2D eigenvalue weighted by atomic mass is 32.2. The van der Waals surface area contributed by atoms with Crippen LogP contribution < -0.4 is 11.1 Å². The Morgan fingerprint density at radius 2 is 1.89 bits per heavy atom. The molecule has 0 aliphatic rings. The maximum atomic E-state index is 11.9. The minimum Gasteiger partial charge on any atom is -0.383 e. The second kappa shape index (κ2) is 7.50. The van der Waals surface area contributed by atoms with Crippen LogP contribution in [0.4, 0.5) is 5.69 Å². The molecule has 0 saturated carbocycles. The van der Waals surface area contributed by atoms with Crippen LogP contribution in [-0.2, 0) is 9.84 Å². The van der Waals surface area contributed by atoms with Gasteiger partial charge in [-0.25, -0.2) is 8.42 Å². The Kier molecular flexibility index (Phi) is 6.31. The van der Waals surface area contributed by atoms with Gasteiger partial charge >= 0.3 is 0 Å². The number of nitrogens with two attached hydrogens (primary N) is 1. The van der Waals surface area contributed by atoms with Gasteiger partial charge in [-0.1, -0.05) is 6.92 Å². The molecule has 1 aromatic carbocycles. The molecule has 0 aromatic heterocycles. The molecule has 5 heteroatoms. The molecule has 108 valence electrons. The molecule has 0 amide bonds. The molecule has 0 heterocycles. The van der Waals surface area contributed by atoms with Crippen molar-refractivity contribution in [3.8, 4) is 0 Å². The average molecular weight is 284 g/mol. The lowest BCUT2D eigenvalue weighted by molar-refractivity contribution is 0.594. The molecule has 1 atom stereocenters. The van der Waals surface area contributed by atoms with E-state index in [-0.39, 0.29) is 5.75 Å². The van der Waals surface area contributed by atoms with Gasteiger partial charge in [-0.3, -0.25) is 0 Å². The predicted octanol–water partition coefficient (Wildman–Crippen LogP) is 2.41. The van der Waals surface area contributed by atoms with E-state index in [9.17, 15) is 8.42 Å². The molecule has 0 fully saturated rings. The number of benzene rings is 1. The third kappa shape index (κ3) is 5.20. The Bertz CT molecular complexity index is 469. The van der Waals surface area contributed by atoms with Gasteiger partial charge in [0.15, 0.2) is 9.84 Å². The maximum Gasteiger partial charge on any atom is 0.178 e. The highest BCUT2D eigenvalue weighted by Gasteiger charge is 2.12. The zero-order chi connectivity index (χ0) is 14.3. The molecular formula is C14H24N2O2S. The maximum absolute atomic E-state index is 11.9. The van der Waals surface area contributed by atoms with Crippen LogP contribution in [-0.4, -0.2) is 26.8 Å². The molecule has 0 spiro atoms. The van der Waals surface area contributed by atoms with Crippen molar-refractivity contribution in [3.05, 3.63) is 24.3 Å². The van der Waals surface area contributed by atoms with Crippen molar-refractivity contribution in [2.45, 2.75) is 44.0 Å². The first kappa shape index (κ1) is 16.0. The smallest absolute Gasteiger partial charge is 0.178 e. The van der Waals surface area contributed by atoms with Crippen molar-refractivity contribution in [1.82, 2.24) is 0 Å². The van der Waals surface area contributed by atoms with E-state index in [1.807, 2.05) is 19.1 Å². The van der Waals surface area contributed by atoms with E-state index >= 15 is 0 Å². The van der Waals surface area contributed by atoms with E-state index < -0.39 is 9.84 Å². The Hall–Kier alpha value is -1.07. The summed E-state index contributed by atoms with van der Waals surface area (Å²) in [5, 5.41) is 3.34. The molecule has 19 heavy (non-hydrogen) atoms. The van der Waals surface area contributed by atoms with Crippen LogP contribution in [0.3, 0.4) is 0 Å². The van der Waals surface area contributed by atoms with Gasteiger partial charge in [-0.05, 0) is 57.0 Å². The van der Waals surface area contributed by atoms with Crippen molar-refractivity contribution in [2.24, 2.45) is 5.73 Å². The largest absolute Gasteiger partial charge is 0.383 e. The summed E-state index contributed by atoms with van der Waals surface area (Å²) < 4.78 is 23.7. The van der Waals surface area contributed by atoms with Crippen molar-refractivity contribution in [2.75, 3.05) is 17.6 Å². The first-order chi connectivity index (χ1) is 8.99. The molecular weight excluding hydrogens is 260 g/mol.